The van der Waals surface area contributed by atoms with Gasteiger partial charge in [0.05, 0.1) is 4.47 Å². The van der Waals surface area contributed by atoms with Crippen molar-refractivity contribution in [1.82, 2.24) is 0 Å². The number of nitrogens with zero attached hydrogens (tertiary/aromatic N) is 1. The Morgan fingerprint density at radius 3 is 2.73 bits per heavy atom. The zero-order chi connectivity index (χ0) is 18.8. The predicted octanol–water partition coefficient (Wildman–Crippen LogP) is 4.42. The van der Waals surface area contributed by atoms with Crippen molar-refractivity contribution in [1.29, 1.82) is 0 Å². The lowest BCUT2D eigenvalue weighted by Crippen LogP contribution is -2.30. The number of carbonyl (C=O) groups is 2. The molecule has 2 aromatic carbocycles. The highest BCUT2D eigenvalue weighted by atomic mass is 79.9. The second-order valence-corrected chi connectivity index (χ2v) is 7.38. The van der Waals surface area contributed by atoms with E-state index in [9.17, 15) is 9.59 Å². The molecular weight excluding hydrogens is 420 g/mol. The van der Waals surface area contributed by atoms with Gasteiger partial charge in [0.1, 0.15) is 5.75 Å². The largest absolute Gasteiger partial charge is 0.480 e. The van der Waals surface area contributed by atoms with E-state index < -0.39 is 6.10 Å². The topological polar surface area (TPSA) is 58.6 Å². The van der Waals surface area contributed by atoms with Gasteiger partial charge in [-0.2, -0.15) is 0 Å². The van der Waals surface area contributed by atoms with Crippen molar-refractivity contribution < 1.29 is 14.3 Å². The van der Waals surface area contributed by atoms with Crippen LogP contribution in [0.25, 0.3) is 0 Å². The molecule has 7 heteroatoms. The molecule has 3 rings (SSSR count). The van der Waals surface area contributed by atoms with Crippen LogP contribution >= 0.6 is 27.5 Å². The van der Waals surface area contributed by atoms with Gasteiger partial charge in [0.15, 0.2) is 6.10 Å². The fourth-order valence-corrected chi connectivity index (χ4v) is 3.64. The Labute approximate surface area is 165 Å². The summed E-state index contributed by atoms with van der Waals surface area (Å²) in [6, 6.07) is 10.7. The van der Waals surface area contributed by atoms with Crippen molar-refractivity contribution in [3.8, 4) is 5.75 Å². The molecule has 0 saturated carbocycles. The number of nitrogens with one attached hydrogen (secondary N) is 1. The number of fused-ring (bicyclic) bond motifs is 1. The molecule has 1 heterocycles. The van der Waals surface area contributed by atoms with Crippen LogP contribution in [-0.2, 0) is 16.0 Å². The van der Waals surface area contributed by atoms with Gasteiger partial charge in [0, 0.05) is 29.9 Å². The number of anilines is 2. The molecule has 1 aliphatic rings. The molecule has 1 atom stereocenters. The summed E-state index contributed by atoms with van der Waals surface area (Å²) in [5, 5.41) is 3.44. The molecule has 5 nitrogen and oxygen atoms in total. The molecule has 0 bridgehead atoms. The molecule has 2 amide bonds. The quantitative estimate of drug-likeness (QED) is 0.770. The Morgan fingerprint density at radius 2 is 2.04 bits per heavy atom. The lowest BCUT2D eigenvalue weighted by atomic mass is 10.1. The highest BCUT2D eigenvalue weighted by Gasteiger charge is 2.23. The van der Waals surface area contributed by atoms with E-state index in [1.54, 1.807) is 43.0 Å². The van der Waals surface area contributed by atoms with Crippen molar-refractivity contribution in [2.24, 2.45) is 0 Å². The van der Waals surface area contributed by atoms with E-state index in [2.05, 4.69) is 21.2 Å². The fraction of sp³-hybridized carbons (Fsp3) is 0.263. The zero-order valence-corrected chi connectivity index (χ0v) is 16.7. The maximum Gasteiger partial charge on any atom is 0.265 e. The number of carbonyl (C=O) groups excluding carboxylic acids is 2. The standard InChI is InChI=1S/C19H18BrClN2O3/c1-11(26-18-6-3-14(21)10-16(18)20)19(25)22-15-4-5-17-13(9-15)7-8-23(17)12(2)24/h3-6,9-11H,7-8H2,1-2H3,(H,22,25)/t11-/m1/s1. The molecule has 0 fully saturated rings. The smallest absolute Gasteiger partial charge is 0.265 e. The summed E-state index contributed by atoms with van der Waals surface area (Å²) in [5.74, 6) is 0.312. The number of ether oxygens (including phenoxy) is 1. The Kier molecular flexibility index (Phi) is 5.53. The number of hydrogen-bond acceptors (Lipinski definition) is 3. The van der Waals surface area contributed by atoms with Gasteiger partial charge in [0.25, 0.3) is 5.91 Å². The third-order valence-corrected chi connectivity index (χ3v) is 5.04. The third kappa shape index (κ3) is 4.02. The Hall–Kier alpha value is -2.05. The average molecular weight is 438 g/mol. The summed E-state index contributed by atoms with van der Waals surface area (Å²) in [5.41, 5.74) is 2.64. The molecule has 0 aromatic heterocycles. The highest BCUT2D eigenvalue weighted by molar-refractivity contribution is 9.10. The molecule has 1 aliphatic heterocycles. The summed E-state index contributed by atoms with van der Waals surface area (Å²) in [6.07, 6.45) is 0.0945. The summed E-state index contributed by atoms with van der Waals surface area (Å²) < 4.78 is 6.39. The minimum atomic E-state index is -0.686. The van der Waals surface area contributed by atoms with Gasteiger partial charge >= 0.3 is 0 Å². The van der Waals surface area contributed by atoms with Crippen molar-refractivity contribution in [2.75, 3.05) is 16.8 Å². The van der Waals surface area contributed by atoms with E-state index >= 15 is 0 Å². The maximum atomic E-state index is 12.4. The number of benzene rings is 2. The Morgan fingerprint density at radius 1 is 1.27 bits per heavy atom. The molecule has 0 radical (unpaired) electrons. The normalized spacial score (nSPS) is 13.9. The second kappa shape index (κ2) is 7.68. The molecule has 1 N–H and O–H groups in total. The van der Waals surface area contributed by atoms with Crippen LogP contribution in [0.4, 0.5) is 11.4 Å². The first-order valence-electron chi connectivity index (χ1n) is 8.19. The van der Waals surface area contributed by atoms with Gasteiger partial charge in [-0.15, -0.1) is 0 Å². The number of amides is 2. The van der Waals surface area contributed by atoms with E-state index in [4.69, 9.17) is 16.3 Å². The van der Waals surface area contributed by atoms with Crippen LogP contribution in [-0.4, -0.2) is 24.5 Å². The predicted molar refractivity (Wildman–Crippen MR) is 106 cm³/mol. The van der Waals surface area contributed by atoms with Crippen LogP contribution in [0, 0.1) is 0 Å². The lowest BCUT2D eigenvalue weighted by Gasteiger charge is -2.17. The molecule has 26 heavy (non-hydrogen) atoms. The molecule has 136 valence electrons. The monoisotopic (exact) mass is 436 g/mol. The van der Waals surface area contributed by atoms with Crippen LogP contribution in [0.3, 0.4) is 0 Å². The van der Waals surface area contributed by atoms with Crippen molar-refractivity contribution in [3.63, 3.8) is 0 Å². The van der Waals surface area contributed by atoms with E-state index in [0.29, 0.717) is 27.5 Å². The number of rotatable bonds is 4. The van der Waals surface area contributed by atoms with Crippen LogP contribution in [0.2, 0.25) is 5.02 Å². The molecule has 0 spiro atoms. The zero-order valence-electron chi connectivity index (χ0n) is 14.4. The van der Waals surface area contributed by atoms with Crippen LogP contribution in [0.5, 0.6) is 5.75 Å². The minimum Gasteiger partial charge on any atom is -0.480 e. The lowest BCUT2D eigenvalue weighted by molar-refractivity contribution is -0.122. The molecular formula is C19H18BrClN2O3. The molecule has 2 aromatic rings. The van der Waals surface area contributed by atoms with Crippen LogP contribution < -0.4 is 15.0 Å². The van der Waals surface area contributed by atoms with Gasteiger partial charge in [-0.05, 0) is 71.2 Å². The third-order valence-electron chi connectivity index (χ3n) is 4.19. The van der Waals surface area contributed by atoms with E-state index in [1.807, 2.05) is 12.1 Å². The van der Waals surface area contributed by atoms with Gasteiger partial charge in [0.2, 0.25) is 5.91 Å². The van der Waals surface area contributed by atoms with E-state index in [-0.39, 0.29) is 11.8 Å². The number of hydrogen-bond donors (Lipinski definition) is 1. The highest BCUT2D eigenvalue weighted by Crippen LogP contribution is 2.31. The summed E-state index contributed by atoms with van der Waals surface area (Å²) >= 11 is 9.28. The van der Waals surface area contributed by atoms with E-state index in [1.165, 1.54) is 0 Å². The molecule has 0 aliphatic carbocycles. The van der Waals surface area contributed by atoms with Gasteiger partial charge in [-0.3, -0.25) is 9.59 Å². The van der Waals surface area contributed by atoms with E-state index in [0.717, 1.165) is 17.7 Å². The number of halogens is 2. The maximum absolute atomic E-state index is 12.4. The Bertz CT molecular complexity index is 872. The van der Waals surface area contributed by atoms with Gasteiger partial charge < -0.3 is 15.0 Å². The van der Waals surface area contributed by atoms with Gasteiger partial charge in [-0.1, -0.05) is 11.6 Å². The van der Waals surface area contributed by atoms with Crippen LogP contribution in [0.1, 0.15) is 19.4 Å². The minimum absolute atomic E-state index is 0.0242. The van der Waals surface area contributed by atoms with Crippen molar-refractivity contribution in [3.05, 3.63) is 51.5 Å². The first-order chi connectivity index (χ1) is 12.3. The first kappa shape index (κ1) is 18.7. The van der Waals surface area contributed by atoms with Crippen molar-refractivity contribution >= 4 is 50.7 Å². The summed E-state index contributed by atoms with van der Waals surface area (Å²) in [7, 11) is 0. The summed E-state index contributed by atoms with van der Waals surface area (Å²) in [4.78, 5) is 25.8. The SMILES string of the molecule is CC(=O)N1CCc2cc(NC(=O)[C@@H](C)Oc3ccc(Cl)cc3Br)ccc21. The van der Waals surface area contributed by atoms with Gasteiger partial charge in [-0.25, -0.2) is 0 Å². The first-order valence-corrected chi connectivity index (χ1v) is 9.36. The Balaban J connectivity index is 1.67. The van der Waals surface area contributed by atoms with Crippen LogP contribution in [0.15, 0.2) is 40.9 Å². The fourth-order valence-electron chi connectivity index (χ4n) is 2.87. The average Bonchev–Trinajstić information content (AvgIpc) is 3.00. The molecule has 0 unspecified atom stereocenters. The molecule has 0 saturated heterocycles. The second-order valence-electron chi connectivity index (χ2n) is 6.09. The summed E-state index contributed by atoms with van der Waals surface area (Å²) in [6.45, 7) is 3.91. The van der Waals surface area contributed by atoms with Crippen molar-refractivity contribution in [2.45, 2.75) is 26.4 Å².